The summed E-state index contributed by atoms with van der Waals surface area (Å²) in [5.41, 5.74) is 0.813. The van der Waals surface area contributed by atoms with E-state index in [9.17, 15) is 9.59 Å². The minimum atomic E-state index is -0.467. The SMILES string of the molecule is COC(=O)c1ccccc1NC(=O)CN(C)C. The molecular weight excluding hydrogens is 220 g/mol. The predicted molar refractivity (Wildman–Crippen MR) is 65.0 cm³/mol. The Morgan fingerprint density at radius 3 is 2.53 bits per heavy atom. The number of carbonyl (C=O) groups excluding carboxylic acids is 2. The fraction of sp³-hybridized carbons (Fsp3) is 0.333. The van der Waals surface area contributed by atoms with Crippen LogP contribution in [0.25, 0.3) is 0 Å². The predicted octanol–water partition coefficient (Wildman–Crippen LogP) is 0.973. The summed E-state index contributed by atoms with van der Waals surface area (Å²) in [6.07, 6.45) is 0. The lowest BCUT2D eigenvalue weighted by Gasteiger charge is -2.12. The van der Waals surface area contributed by atoms with Gasteiger partial charge in [0.1, 0.15) is 0 Å². The summed E-state index contributed by atoms with van der Waals surface area (Å²) in [5, 5.41) is 2.68. The van der Waals surface area contributed by atoms with E-state index in [1.165, 1.54) is 7.11 Å². The van der Waals surface area contributed by atoms with Crippen LogP contribution < -0.4 is 5.32 Å². The number of carbonyl (C=O) groups is 2. The van der Waals surface area contributed by atoms with Gasteiger partial charge in [-0.25, -0.2) is 4.79 Å². The van der Waals surface area contributed by atoms with Crippen LogP contribution in [0.2, 0.25) is 0 Å². The van der Waals surface area contributed by atoms with Crippen LogP contribution in [-0.4, -0.2) is 44.5 Å². The van der Waals surface area contributed by atoms with Gasteiger partial charge in [0.15, 0.2) is 0 Å². The maximum Gasteiger partial charge on any atom is 0.339 e. The molecule has 0 saturated carbocycles. The minimum Gasteiger partial charge on any atom is -0.465 e. The quantitative estimate of drug-likeness (QED) is 0.791. The number of benzene rings is 1. The number of amides is 1. The van der Waals surface area contributed by atoms with Gasteiger partial charge in [-0.15, -0.1) is 0 Å². The zero-order valence-corrected chi connectivity index (χ0v) is 10.2. The molecule has 0 heterocycles. The maximum atomic E-state index is 11.6. The molecule has 1 amide bonds. The third kappa shape index (κ3) is 3.88. The molecule has 92 valence electrons. The van der Waals surface area contributed by atoms with Crippen molar-refractivity contribution in [2.24, 2.45) is 0 Å². The Kier molecular flexibility index (Phi) is 4.66. The molecule has 1 N–H and O–H groups in total. The second kappa shape index (κ2) is 6.00. The van der Waals surface area contributed by atoms with Crippen molar-refractivity contribution < 1.29 is 14.3 Å². The van der Waals surface area contributed by atoms with Crippen LogP contribution in [0, 0.1) is 0 Å². The lowest BCUT2D eigenvalue weighted by atomic mass is 10.2. The normalized spacial score (nSPS) is 10.1. The number of anilines is 1. The smallest absolute Gasteiger partial charge is 0.339 e. The summed E-state index contributed by atoms with van der Waals surface area (Å²) < 4.78 is 4.64. The third-order valence-electron chi connectivity index (χ3n) is 2.07. The van der Waals surface area contributed by atoms with Crippen LogP contribution in [-0.2, 0) is 9.53 Å². The summed E-state index contributed by atoms with van der Waals surface area (Å²) in [6.45, 7) is 0.259. The molecule has 0 aliphatic carbocycles. The van der Waals surface area contributed by atoms with Gasteiger partial charge in [0.25, 0.3) is 0 Å². The van der Waals surface area contributed by atoms with Gasteiger partial charge in [-0.3, -0.25) is 4.79 Å². The number of likely N-dealkylation sites (N-methyl/N-ethyl adjacent to an activating group) is 1. The number of hydrogen-bond acceptors (Lipinski definition) is 4. The van der Waals surface area contributed by atoms with Crippen molar-refractivity contribution in [1.29, 1.82) is 0 Å². The highest BCUT2D eigenvalue weighted by Gasteiger charge is 2.13. The molecular formula is C12H16N2O3. The van der Waals surface area contributed by atoms with Gasteiger partial charge in [-0.2, -0.15) is 0 Å². The van der Waals surface area contributed by atoms with E-state index in [1.54, 1.807) is 43.3 Å². The van der Waals surface area contributed by atoms with Crippen molar-refractivity contribution in [3.05, 3.63) is 29.8 Å². The second-order valence-corrected chi connectivity index (χ2v) is 3.82. The maximum absolute atomic E-state index is 11.6. The van der Waals surface area contributed by atoms with E-state index < -0.39 is 5.97 Å². The van der Waals surface area contributed by atoms with E-state index in [4.69, 9.17) is 0 Å². The van der Waals surface area contributed by atoms with Crippen molar-refractivity contribution in [3.63, 3.8) is 0 Å². The number of esters is 1. The molecule has 0 atom stereocenters. The zero-order valence-electron chi connectivity index (χ0n) is 10.2. The molecule has 0 radical (unpaired) electrons. The van der Waals surface area contributed by atoms with Gasteiger partial charge in [0, 0.05) is 0 Å². The first kappa shape index (κ1) is 13.2. The molecule has 1 aromatic rings. The van der Waals surface area contributed by atoms with E-state index in [0.29, 0.717) is 11.3 Å². The molecule has 0 aliphatic rings. The highest BCUT2D eigenvalue weighted by atomic mass is 16.5. The van der Waals surface area contributed by atoms with E-state index in [-0.39, 0.29) is 12.5 Å². The molecule has 0 saturated heterocycles. The largest absolute Gasteiger partial charge is 0.465 e. The van der Waals surface area contributed by atoms with Gasteiger partial charge >= 0.3 is 5.97 Å². The average Bonchev–Trinajstić information content (AvgIpc) is 2.27. The van der Waals surface area contributed by atoms with Crippen LogP contribution in [0.15, 0.2) is 24.3 Å². The Morgan fingerprint density at radius 2 is 1.94 bits per heavy atom. The lowest BCUT2D eigenvalue weighted by molar-refractivity contribution is -0.116. The van der Waals surface area contributed by atoms with E-state index >= 15 is 0 Å². The third-order valence-corrected chi connectivity index (χ3v) is 2.07. The average molecular weight is 236 g/mol. The number of rotatable bonds is 4. The van der Waals surface area contributed by atoms with Crippen LogP contribution >= 0.6 is 0 Å². The first-order chi connectivity index (χ1) is 8.04. The van der Waals surface area contributed by atoms with Gasteiger partial charge in [-0.1, -0.05) is 12.1 Å². The minimum absolute atomic E-state index is 0.175. The molecule has 0 unspecified atom stereocenters. The van der Waals surface area contributed by atoms with Gasteiger partial charge in [0.2, 0.25) is 5.91 Å². The first-order valence-electron chi connectivity index (χ1n) is 5.16. The van der Waals surface area contributed by atoms with Crippen molar-refractivity contribution in [2.75, 3.05) is 33.1 Å². The number of nitrogens with zero attached hydrogens (tertiary/aromatic N) is 1. The number of ether oxygens (including phenoxy) is 1. The van der Waals surface area contributed by atoms with Crippen molar-refractivity contribution >= 4 is 17.6 Å². The number of hydrogen-bond donors (Lipinski definition) is 1. The molecule has 0 spiro atoms. The van der Waals surface area contributed by atoms with Gasteiger partial charge in [-0.05, 0) is 26.2 Å². The molecule has 17 heavy (non-hydrogen) atoms. The Hall–Kier alpha value is -1.88. The Balaban J connectivity index is 2.83. The van der Waals surface area contributed by atoms with Crippen LogP contribution in [0.5, 0.6) is 0 Å². The van der Waals surface area contributed by atoms with Crippen LogP contribution in [0.4, 0.5) is 5.69 Å². The zero-order chi connectivity index (χ0) is 12.8. The molecule has 0 aliphatic heterocycles. The highest BCUT2D eigenvalue weighted by Crippen LogP contribution is 2.15. The van der Waals surface area contributed by atoms with Gasteiger partial charge < -0.3 is 15.0 Å². The van der Waals surface area contributed by atoms with Crippen molar-refractivity contribution in [1.82, 2.24) is 4.90 Å². The summed E-state index contributed by atoms with van der Waals surface area (Å²) in [4.78, 5) is 24.8. The summed E-state index contributed by atoms with van der Waals surface area (Å²) in [5.74, 6) is -0.642. The molecule has 5 heteroatoms. The van der Waals surface area contributed by atoms with Crippen LogP contribution in [0.3, 0.4) is 0 Å². The van der Waals surface area contributed by atoms with Gasteiger partial charge in [0.05, 0.1) is 24.9 Å². The fourth-order valence-corrected chi connectivity index (χ4v) is 1.36. The molecule has 1 rings (SSSR count). The van der Waals surface area contributed by atoms with Crippen molar-refractivity contribution in [3.8, 4) is 0 Å². The van der Waals surface area contributed by atoms with E-state index in [0.717, 1.165) is 0 Å². The number of methoxy groups -OCH3 is 1. The van der Waals surface area contributed by atoms with E-state index in [1.807, 2.05) is 0 Å². The number of para-hydroxylation sites is 1. The molecule has 1 aromatic carbocycles. The topological polar surface area (TPSA) is 58.6 Å². The lowest BCUT2D eigenvalue weighted by Crippen LogP contribution is -2.27. The molecule has 0 bridgehead atoms. The second-order valence-electron chi connectivity index (χ2n) is 3.82. The van der Waals surface area contributed by atoms with Crippen LogP contribution in [0.1, 0.15) is 10.4 Å². The monoisotopic (exact) mass is 236 g/mol. The summed E-state index contributed by atoms with van der Waals surface area (Å²) in [7, 11) is 4.90. The Morgan fingerprint density at radius 1 is 1.29 bits per heavy atom. The Bertz CT molecular complexity index is 416. The fourth-order valence-electron chi connectivity index (χ4n) is 1.36. The molecule has 0 fully saturated rings. The summed E-state index contributed by atoms with van der Waals surface area (Å²) in [6, 6.07) is 6.74. The summed E-state index contributed by atoms with van der Waals surface area (Å²) >= 11 is 0. The van der Waals surface area contributed by atoms with Crippen molar-refractivity contribution in [2.45, 2.75) is 0 Å². The first-order valence-corrected chi connectivity index (χ1v) is 5.16. The Labute approximate surface area is 100 Å². The standard InChI is InChI=1S/C12H16N2O3/c1-14(2)8-11(15)13-10-7-5-4-6-9(10)12(16)17-3/h4-7H,8H2,1-3H3,(H,13,15). The van der Waals surface area contributed by atoms with E-state index in [2.05, 4.69) is 10.1 Å². The number of nitrogens with one attached hydrogen (secondary N) is 1. The highest BCUT2D eigenvalue weighted by molar-refractivity contribution is 6.01. The molecule has 0 aromatic heterocycles. The molecule has 5 nitrogen and oxygen atoms in total.